The van der Waals surface area contributed by atoms with Crippen LogP contribution in [0, 0.1) is 0 Å². The summed E-state index contributed by atoms with van der Waals surface area (Å²) < 4.78 is 58.4. The van der Waals surface area contributed by atoms with Crippen LogP contribution < -0.4 is 79.2 Å². The second-order valence-corrected chi connectivity index (χ2v) is 18.7. The second kappa shape index (κ2) is 22.5. The Kier molecular flexibility index (Phi) is 16.8. The van der Waals surface area contributed by atoms with Crippen LogP contribution in [-0.4, -0.2) is 91.5 Å². The lowest BCUT2D eigenvalue weighted by molar-refractivity contribution is 0.270. The quantitative estimate of drug-likeness (QED) is 0.0717. The van der Waals surface area contributed by atoms with E-state index in [0.29, 0.717) is 90.9 Å². The molecule has 0 spiro atoms. The third-order valence-corrected chi connectivity index (χ3v) is 15.9. The first-order chi connectivity index (χ1) is 32.1. The van der Waals surface area contributed by atoms with Crippen molar-refractivity contribution < 1.29 is 67.8 Å². The van der Waals surface area contributed by atoms with Gasteiger partial charge in [-0.2, -0.15) is 0 Å². The molecule has 14 nitrogen and oxygen atoms in total. The van der Waals surface area contributed by atoms with Crippen LogP contribution in [0.5, 0.6) is 57.5 Å². The van der Waals surface area contributed by atoms with Crippen molar-refractivity contribution >= 4 is 47.7 Å². The average Bonchev–Trinajstić information content (AvgIpc) is 3.36. The van der Waals surface area contributed by atoms with Crippen molar-refractivity contribution in [2.24, 2.45) is 0 Å². The van der Waals surface area contributed by atoms with E-state index in [1.807, 2.05) is 84.9 Å². The van der Waals surface area contributed by atoms with E-state index < -0.39 is 15.8 Å². The standard InChI is InChI=1S/C50H56O14P2/c1-55-37-19-33(17-31(27-53)47(37)61-7)65(35-21-39(57-3)49(63-9)40(22-35)58-4)43-15-11-13-29(25-51)45(43)46-30(26-52)14-12-16-44(46)66(34-18-32(28-54)48(62-8)38(20-34)56-2)36-23-41(59-5)50(64-10)42(24-36)60-6/h11-24,51-54H,25-28H2,1-10H3. The van der Waals surface area contributed by atoms with Crippen LogP contribution in [0.1, 0.15) is 22.3 Å². The maximum atomic E-state index is 11.4. The fraction of sp³-hybridized carbons (Fsp3) is 0.280. The predicted molar refractivity (Wildman–Crippen MR) is 259 cm³/mol. The third kappa shape index (κ3) is 9.35. The smallest absolute Gasteiger partial charge is 0.203 e. The number of rotatable bonds is 21. The van der Waals surface area contributed by atoms with E-state index in [4.69, 9.17) is 47.4 Å². The summed E-state index contributed by atoms with van der Waals surface area (Å²) in [5.74, 6) is 4.01. The molecule has 0 saturated carbocycles. The lowest BCUT2D eigenvalue weighted by Crippen LogP contribution is -2.28. The van der Waals surface area contributed by atoms with Crippen LogP contribution in [0.2, 0.25) is 0 Å². The first kappa shape index (κ1) is 49.5. The summed E-state index contributed by atoms with van der Waals surface area (Å²) in [6.07, 6.45) is 0. The molecule has 2 unspecified atom stereocenters. The Morgan fingerprint density at radius 3 is 0.818 bits per heavy atom. The molecular formula is C50H56O14P2. The van der Waals surface area contributed by atoms with E-state index in [1.165, 1.54) is 42.7 Å². The van der Waals surface area contributed by atoms with E-state index in [2.05, 4.69) is 0 Å². The fourth-order valence-corrected chi connectivity index (χ4v) is 13.4. The molecule has 0 fully saturated rings. The Balaban J connectivity index is 1.83. The van der Waals surface area contributed by atoms with Gasteiger partial charge in [0.05, 0.1) is 97.5 Å². The highest BCUT2D eigenvalue weighted by Crippen LogP contribution is 2.49. The van der Waals surface area contributed by atoms with E-state index >= 15 is 0 Å². The van der Waals surface area contributed by atoms with Gasteiger partial charge in [0.2, 0.25) is 11.5 Å². The first-order valence-corrected chi connectivity index (χ1v) is 23.2. The molecule has 0 aliphatic carbocycles. The molecule has 0 aliphatic heterocycles. The summed E-state index contributed by atoms with van der Waals surface area (Å²) >= 11 is 0. The summed E-state index contributed by atoms with van der Waals surface area (Å²) in [7, 11) is 12.0. The molecule has 0 aliphatic rings. The Bertz CT molecular complexity index is 2240. The number of aliphatic hydroxyl groups is 4. The Morgan fingerprint density at radius 2 is 0.576 bits per heavy atom. The summed E-state index contributed by atoms with van der Waals surface area (Å²) in [6, 6.07) is 26.6. The largest absolute Gasteiger partial charge is 0.493 e. The number of hydrogen-bond acceptors (Lipinski definition) is 14. The molecule has 2 atom stereocenters. The molecule has 0 bridgehead atoms. The summed E-state index contributed by atoms with van der Waals surface area (Å²) in [5, 5.41) is 48.9. The number of methoxy groups -OCH3 is 10. The van der Waals surface area contributed by atoms with Crippen molar-refractivity contribution in [3.05, 3.63) is 107 Å². The lowest BCUT2D eigenvalue weighted by Gasteiger charge is -2.30. The van der Waals surface area contributed by atoms with Gasteiger partial charge in [-0.3, -0.25) is 0 Å². The van der Waals surface area contributed by atoms with Gasteiger partial charge in [-0.05, 0) is 118 Å². The van der Waals surface area contributed by atoms with Gasteiger partial charge in [0.1, 0.15) is 0 Å². The number of ether oxygens (including phenoxy) is 10. The molecule has 0 aromatic heterocycles. The van der Waals surface area contributed by atoms with Gasteiger partial charge in [-0.15, -0.1) is 0 Å². The second-order valence-electron chi connectivity index (χ2n) is 14.4. The van der Waals surface area contributed by atoms with Gasteiger partial charge < -0.3 is 67.8 Å². The predicted octanol–water partition coefficient (Wildman–Crippen LogP) is 4.93. The van der Waals surface area contributed by atoms with Crippen molar-refractivity contribution in [3.8, 4) is 68.6 Å². The van der Waals surface area contributed by atoms with Crippen molar-refractivity contribution in [2.45, 2.75) is 26.4 Å². The topological polar surface area (TPSA) is 173 Å². The number of hydrogen-bond donors (Lipinski definition) is 4. The maximum Gasteiger partial charge on any atom is 0.203 e. The van der Waals surface area contributed by atoms with Crippen LogP contribution >= 0.6 is 15.8 Å². The highest BCUT2D eigenvalue weighted by Gasteiger charge is 2.33. The molecular weight excluding hydrogens is 886 g/mol. The third-order valence-electron chi connectivity index (χ3n) is 11.1. The Hall–Kier alpha value is -5.98. The van der Waals surface area contributed by atoms with E-state index in [-0.39, 0.29) is 26.4 Å². The molecule has 16 heteroatoms. The summed E-state index contributed by atoms with van der Waals surface area (Å²) in [5.41, 5.74) is 3.43. The van der Waals surface area contributed by atoms with Crippen LogP contribution in [0.3, 0.4) is 0 Å². The van der Waals surface area contributed by atoms with Crippen molar-refractivity contribution in [1.29, 1.82) is 0 Å². The maximum absolute atomic E-state index is 11.4. The van der Waals surface area contributed by atoms with Crippen molar-refractivity contribution in [3.63, 3.8) is 0 Å². The van der Waals surface area contributed by atoms with Gasteiger partial charge >= 0.3 is 0 Å². The molecule has 66 heavy (non-hydrogen) atoms. The molecule has 0 saturated heterocycles. The van der Waals surface area contributed by atoms with E-state index in [9.17, 15) is 20.4 Å². The minimum absolute atomic E-state index is 0.354. The Morgan fingerprint density at radius 1 is 0.318 bits per heavy atom. The molecule has 4 N–H and O–H groups in total. The zero-order valence-electron chi connectivity index (χ0n) is 38.7. The summed E-state index contributed by atoms with van der Waals surface area (Å²) in [6.45, 7) is -1.45. The molecule has 6 rings (SSSR count). The van der Waals surface area contributed by atoms with E-state index in [1.54, 1.807) is 28.4 Å². The lowest BCUT2D eigenvalue weighted by atomic mass is 9.95. The monoisotopic (exact) mass is 942 g/mol. The van der Waals surface area contributed by atoms with Crippen LogP contribution in [0.15, 0.2) is 84.9 Å². The number of benzene rings is 6. The van der Waals surface area contributed by atoms with E-state index in [0.717, 1.165) is 31.8 Å². The highest BCUT2D eigenvalue weighted by molar-refractivity contribution is 7.80. The molecule has 0 radical (unpaired) electrons. The molecule has 6 aromatic carbocycles. The number of aliphatic hydroxyl groups excluding tert-OH is 4. The highest BCUT2D eigenvalue weighted by atomic mass is 31.1. The van der Waals surface area contributed by atoms with Crippen LogP contribution in [0.25, 0.3) is 11.1 Å². The van der Waals surface area contributed by atoms with Crippen molar-refractivity contribution in [2.75, 3.05) is 71.1 Å². The van der Waals surface area contributed by atoms with Gasteiger partial charge in [0, 0.05) is 11.1 Å². The normalized spacial score (nSPS) is 11.9. The molecule has 6 aromatic rings. The summed E-state index contributed by atoms with van der Waals surface area (Å²) in [4.78, 5) is 0. The minimum atomic E-state index is -1.71. The van der Waals surface area contributed by atoms with Crippen LogP contribution in [-0.2, 0) is 26.4 Å². The molecule has 0 heterocycles. The molecule has 0 amide bonds. The van der Waals surface area contributed by atoms with Gasteiger partial charge in [0.15, 0.2) is 46.0 Å². The first-order valence-electron chi connectivity index (χ1n) is 20.5. The zero-order chi connectivity index (χ0) is 47.7. The van der Waals surface area contributed by atoms with Crippen LogP contribution in [0.4, 0.5) is 0 Å². The SMILES string of the molecule is COc1cc(P(c2cc(OC)c(OC)c(OC)c2)c2cccc(CO)c2-c2c(CO)cccc2P(c2cc(CO)c(OC)c(OC)c2)c2cc(OC)c(OC)c(OC)c2)cc(CO)c1OC. The fourth-order valence-electron chi connectivity index (χ4n) is 8.18. The van der Waals surface area contributed by atoms with Gasteiger partial charge in [-0.25, -0.2) is 0 Å². The minimum Gasteiger partial charge on any atom is -0.493 e. The Labute approximate surface area is 387 Å². The molecule has 350 valence electrons. The van der Waals surface area contributed by atoms with Crippen molar-refractivity contribution in [1.82, 2.24) is 0 Å². The average molecular weight is 943 g/mol. The zero-order valence-corrected chi connectivity index (χ0v) is 40.5. The van der Waals surface area contributed by atoms with Gasteiger partial charge in [0.25, 0.3) is 0 Å². The van der Waals surface area contributed by atoms with Gasteiger partial charge in [-0.1, -0.05) is 36.4 Å².